The van der Waals surface area contributed by atoms with Gasteiger partial charge < -0.3 is 9.72 Å². The first-order chi connectivity index (χ1) is 13.6. The van der Waals surface area contributed by atoms with E-state index in [-0.39, 0.29) is 5.56 Å². The monoisotopic (exact) mass is 372 g/mol. The van der Waals surface area contributed by atoms with Crippen LogP contribution in [-0.2, 0) is 4.74 Å². The first kappa shape index (κ1) is 17.4. The van der Waals surface area contributed by atoms with Crippen molar-refractivity contribution < 1.29 is 9.53 Å². The number of hydrogen-bond acceptors (Lipinski definition) is 5. The van der Waals surface area contributed by atoms with Gasteiger partial charge >= 0.3 is 5.97 Å². The number of H-pyrrole nitrogens is 1. The largest absolute Gasteiger partial charge is 0.465 e. The first-order valence-electron chi connectivity index (χ1n) is 8.54. The molecule has 0 saturated carbocycles. The predicted molar refractivity (Wildman–Crippen MR) is 106 cm³/mol. The van der Waals surface area contributed by atoms with Gasteiger partial charge in [-0.25, -0.2) is 14.5 Å². The molecule has 0 aliphatic rings. The number of nitrogens with zero attached hydrogens (tertiary/aromatic N) is 3. The molecule has 4 aromatic rings. The van der Waals surface area contributed by atoms with E-state index in [1.54, 1.807) is 41.2 Å². The summed E-state index contributed by atoms with van der Waals surface area (Å²) in [5.74, 6) is -0.0959. The van der Waals surface area contributed by atoms with Gasteiger partial charge in [0, 0.05) is 11.8 Å². The van der Waals surface area contributed by atoms with Crippen molar-refractivity contribution in [2.75, 3.05) is 7.11 Å². The van der Waals surface area contributed by atoms with E-state index in [4.69, 9.17) is 4.74 Å². The summed E-state index contributed by atoms with van der Waals surface area (Å²) in [6, 6.07) is 14.4. The van der Waals surface area contributed by atoms with Crippen molar-refractivity contribution >= 4 is 29.0 Å². The van der Waals surface area contributed by atoms with Crippen molar-refractivity contribution in [3.63, 3.8) is 0 Å². The second-order valence-corrected chi connectivity index (χ2v) is 6.06. The minimum atomic E-state index is -0.477. The van der Waals surface area contributed by atoms with Gasteiger partial charge in [0.1, 0.15) is 5.82 Å². The predicted octanol–water partition coefficient (Wildman–Crippen LogP) is 3.07. The van der Waals surface area contributed by atoms with E-state index < -0.39 is 5.97 Å². The Hall–Kier alpha value is -4.00. The van der Waals surface area contributed by atoms with Gasteiger partial charge in [0.05, 0.1) is 35.5 Å². The lowest BCUT2D eigenvalue weighted by molar-refractivity contribution is 0.0601. The third-order valence-corrected chi connectivity index (χ3v) is 4.20. The molecule has 0 fully saturated rings. The molecule has 0 spiro atoms. The van der Waals surface area contributed by atoms with E-state index >= 15 is 0 Å². The molecular formula is C21H16N4O3. The van der Waals surface area contributed by atoms with Crippen molar-refractivity contribution in [2.24, 2.45) is 0 Å². The number of rotatable bonds is 4. The van der Waals surface area contributed by atoms with Crippen LogP contribution in [-0.4, -0.2) is 32.8 Å². The maximum Gasteiger partial charge on any atom is 0.337 e. The highest BCUT2D eigenvalue weighted by molar-refractivity contribution is 5.94. The number of benzene rings is 2. The van der Waals surface area contributed by atoms with E-state index in [1.807, 2.05) is 36.5 Å². The summed E-state index contributed by atoms with van der Waals surface area (Å²) < 4.78 is 6.48. The van der Waals surface area contributed by atoms with Crippen LogP contribution < -0.4 is 5.56 Å². The molecule has 0 bridgehead atoms. The Balaban J connectivity index is 1.65. The molecule has 0 aliphatic carbocycles. The van der Waals surface area contributed by atoms with Crippen molar-refractivity contribution in [1.82, 2.24) is 19.7 Å². The topological polar surface area (TPSA) is 89.9 Å². The number of carbonyl (C=O) groups excluding carboxylic acids is 1. The summed E-state index contributed by atoms with van der Waals surface area (Å²) >= 11 is 0. The quantitative estimate of drug-likeness (QED) is 0.556. The molecule has 7 nitrogen and oxygen atoms in total. The normalized spacial score (nSPS) is 11.2. The Morgan fingerprint density at radius 2 is 1.96 bits per heavy atom. The van der Waals surface area contributed by atoms with Crippen LogP contribution >= 0.6 is 0 Å². The molecule has 28 heavy (non-hydrogen) atoms. The summed E-state index contributed by atoms with van der Waals surface area (Å²) in [5, 5.41) is 4.73. The lowest BCUT2D eigenvalue weighted by Crippen LogP contribution is -2.10. The summed E-state index contributed by atoms with van der Waals surface area (Å²) in [6.45, 7) is 0. The Bertz CT molecular complexity index is 1240. The van der Waals surface area contributed by atoms with E-state index in [9.17, 15) is 9.59 Å². The molecule has 0 amide bonds. The van der Waals surface area contributed by atoms with Crippen molar-refractivity contribution in [1.29, 1.82) is 0 Å². The molecule has 2 aromatic heterocycles. The van der Waals surface area contributed by atoms with Crippen LogP contribution in [0.15, 0.2) is 65.7 Å². The van der Waals surface area contributed by atoms with Gasteiger partial charge in [-0.1, -0.05) is 18.2 Å². The van der Waals surface area contributed by atoms with Gasteiger partial charge in [-0.05, 0) is 42.5 Å². The summed E-state index contributed by atoms with van der Waals surface area (Å²) in [7, 11) is 1.31. The molecule has 138 valence electrons. The fourth-order valence-corrected chi connectivity index (χ4v) is 2.80. The van der Waals surface area contributed by atoms with Crippen LogP contribution in [0.2, 0.25) is 0 Å². The number of esters is 1. The minimum Gasteiger partial charge on any atom is -0.465 e. The Kier molecular flexibility index (Phi) is 4.55. The van der Waals surface area contributed by atoms with E-state index in [2.05, 4.69) is 15.1 Å². The number of nitrogens with one attached hydrogen (secondary N) is 1. The Morgan fingerprint density at radius 3 is 2.75 bits per heavy atom. The SMILES string of the molecule is COC(=O)c1ccc2c(=O)[nH]c(/C=C/c3cnn(-c4ccccc4)c3)nc2c1. The first-order valence-corrected chi connectivity index (χ1v) is 8.54. The number of para-hydroxylation sites is 1. The smallest absolute Gasteiger partial charge is 0.337 e. The fourth-order valence-electron chi connectivity index (χ4n) is 2.80. The fraction of sp³-hybridized carbons (Fsp3) is 0.0476. The molecule has 7 heteroatoms. The molecule has 0 saturated heterocycles. The number of carbonyl (C=O) groups is 1. The second kappa shape index (κ2) is 7.32. The lowest BCUT2D eigenvalue weighted by atomic mass is 10.1. The highest BCUT2D eigenvalue weighted by Crippen LogP contribution is 2.13. The molecule has 0 unspecified atom stereocenters. The standard InChI is InChI=1S/C21H16N4O3/c1-28-21(27)15-8-9-17-18(11-15)23-19(24-20(17)26)10-7-14-12-22-25(13-14)16-5-3-2-4-6-16/h2-13H,1H3,(H,23,24,26)/b10-7+. The van der Waals surface area contributed by atoms with Crippen LogP contribution in [0.25, 0.3) is 28.7 Å². The second-order valence-electron chi connectivity index (χ2n) is 6.06. The molecule has 0 aliphatic heterocycles. The van der Waals surface area contributed by atoms with Crippen molar-refractivity contribution in [3.8, 4) is 5.69 Å². The molecular weight excluding hydrogens is 356 g/mol. The van der Waals surface area contributed by atoms with Crippen LogP contribution in [0.4, 0.5) is 0 Å². The molecule has 1 N–H and O–H groups in total. The zero-order valence-electron chi connectivity index (χ0n) is 15.0. The molecule has 0 radical (unpaired) electrons. The minimum absolute atomic E-state index is 0.277. The molecule has 2 aromatic carbocycles. The highest BCUT2D eigenvalue weighted by atomic mass is 16.5. The lowest BCUT2D eigenvalue weighted by Gasteiger charge is -2.02. The summed E-state index contributed by atoms with van der Waals surface area (Å²) in [5.41, 5.74) is 2.30. The molecule has 2 heterocycles. The zero-order valence-corrected chi connectivity index (χ0v) is 15.0. The van der Waals surface area contributed by atoms with E-state index in [0.717, 1.165) is 11.3 Å². The van der Waals surface area contributed by atoms with Gasteiger partial charge in [0.25, 0.3) is 5.56 Å². The highest BCUT2D eigenvalue weighted by Gasteiger charge is 2.09. The summed E-state index contributed by atoms with van der Waals surface area (Å²) in [4.78, 5) is 31.1. The Labute approximate surface area is 159 Å². The van der Waals surface area contributed by atoms with Gasteiger partial charge in [-0.2, -0.15) is 5.10 Å². The maximum atomic E-state index is 12.3. The van der Waals surface area contributed by atoms with Crippen LogP contribution in [0, 0.1) is 0 Å². The van der Waals surface area contributed by atoms with Crippen LogP contribution in [0.5, 0.6) is 0 Å². The average molecular weight is 372 g/mol. The number of aromatic amines is 1. The van der Waals surface area contributed by atoms with Crippen molar-refractivity contribution in [2.45, 2.75) is 0 Å². The molecule has 0 atom stereocenters. The number of fused-ring (bicyclic) bond motifs is 1. The van der Waals surface area contributed by atoms with Gasteiger partial charge in [-0.3, -0.25) is 4.79 Å². The number of ether oxygens (including phenoxy) is 1. The van der Waals surface area contributed by atoms with Crippen molar-refractivity contribution in [3.05, 3.63) is 88.2 Å². The van der Waals surface area contributed by atoms with Gasteiger partial charge in [0.2, 0.25) is 0 Å². The number of methoxy groups -OCH3 is 1. The van der Waals surface area contributed by atoms with Crippen LogP contribution in [0.3, 0.4) is 0 Å². The average Bonchev–Trinajstić information content (AvgIpc) is 3.21. The Morgan fingerprint density at radius 1 is 1.14 bits per heavy atom. The number of hydrogen-bond donors (Lipinski definition) is 1. The van der Waals surface area contributed by atoms with E-state index in [1.165, 1.54) is 7.11 Å². The molecule has 4 rings (SSSR count). The van der Waals surface area contributed by atoms with E-state index in [0.29, 0.717) is 22.3 Å². The van der Waals surface area contributed by atoms with Gasteiger partial charge in [-0.15, -0.1) is 0 Å². The third-order valence-electron chi connectivity index (χ3n) is 4.20. The zero-order chi connectivity index (χ0) is 19.5. The third kappa shape index (κ3) is 3.45. The van der Waals surface area contributed by atoms with Gasteiger partial charge in [0.15, 0.2) is 0 Å². The maximum absolute atomic E-state index is 12.3. The van der Waals surface area contributed by atoms with Crippen LogP contribution in [0.1, 0.15) is 21.7 Å². The summed E-state index contributed by atoms with van der Waals surface area (Å²) in [6.07, 6.45) is 7.09. The number of aromatic nitrogens is 4.